The molecule has 1 aliphatic rings. The van der Waals surface area contributed by atoms with Crippen molar-refractivity contribution in [2.24, 2.45) is 0 Å². The summed E-state index contributed by atoms with van der Waals surface area (Å²) in [5, 5.41) is 23.0. The van der Waals surface area contributed by atoms with Gasteiger partial charge in [0.15, 0.2) is 5.85 Å². The van der Waals surface area contributed by atoms with Crippen LogP contribution < -0.4 is 5.30 Å². The molecule has 0 saturated carbocycles. The standard InChI is InChI=1S/C32H32NO8P/c34-32-31(40-22-26-14-8-3-9-15-26)30(39-21-25-12-6-2-7-13-25)29(23-38-20-24-10-4-1-5-11-24)41-42(32,37)28-18-16-27(17-19-28)33(35)36/h1-19,29-32,34H,20-23H2/t29-,30-,31+,32?,42+/m1/s1. The highest BCUT2D eigenvalue weighted by molar-refractivity contribution is 7.67. The highest BCUT2D eigenvalue weighted by Crippen LogP contribution is 2.57. The zero-order valence-electron chi connectivity index (χ0n) is 22.8. The predicted octanol–water partition coefficient (Wildman–Crippen LogP) is 5.60. The Morgan fingerprint density at radius 2 is 1.19 bits per heavy atom. The highest BCUT2D eigenvalue weighted by atomic mass is 31.2. The number of hydrogen-bond donors (Lipinski definition) is 1. The van der Waals surface area contributed by atoms with Crippen LogP contribution in [0.4, 0.5) is 5.69 Å². The van der Waals surface area contributed by atoms with E-state index in [0.717, 1.165) is 16.7 Å². The summed E-state index contributed by atoms with van der Waals surface area (Å²) in [5.41, 5.74) is 2.55. The van der Waals surface area contributed by atoms with Crippen LogP contribution in [0.15, 0.2) is 115 Å². The molecule has 1 fully saturated rings. The van der Waals surface area contributed by atoms with Gasteiger partial charge in [0.05, 0.1) is 31.4 Å². The molecule has 0 aliphatic carbocycles. The minimum atomic E-state index is -4.04. The average molecular weight is 590 g/mol. The number of rotatable bonds is 12. The minimum absolute atomic E-state index is 0.00321. The van der Waals surface area contributed by atoms with E-state index in [-0.39, 0.29) is 37.4 Å². The molecule has 10 heteroatoms. The van der Waals surface area contributed by atoms with Gasteiger partial charge in [-0.05, 0) is 28.8 Å². The van der Waals surface area contributed by atoms with Gasteiger partial charge in [0.1, 0.15) is 18.3 Å². The largest absolute Gasteiger partial charge is 0.380 e. The Balaban J connectivity index is 1.46. The molecule has 5 rings (SSSR count). The number of benzene rings is 4. The Bertz CT molecular complexity index is 1470. The summed E-state index contributed by atoms with van der Waals surface area (Å²) in [6.45, 7) is 0.616. The van der Waals surface area contributed by atoms with Crippen LogP contribution in [0.25, 0.3) is 0 Å². The maximum atomic E-state index is 14.5. The number of non-ortho nitro benzene ring substituents is 1. The highest BCUT2D eigenvalue weighted by Gasteiger charge is 2.54. The Kier molecular flexibility index (Phi) is 9.92. The van der Waals surface area contributed by atoms with Crippen LogP contribution in [0.5, 0.6) is 0 Å². The van der Waals surface area contributed by atoms with Gasteiger partial charge in [-0.25, -0.2) is 0 Å². The summed E-state index contributed by atoms with van der Waals surface area (Å²) >= 11 is 0. The molecule has 1 N–H and O–H groups in total. The van der Waals surface area contributed by atoms with Gasteiger partial charge in [0, 0.05) is 17.4 Å². The molecule has 0 bridgehead atoms. The minimum Gasteiger partial charge on any atom is -0.380 e. The fraction of sp³-hybridized carbons (Fsp3) is 0.250. The molecule has 5 atom stereocenters. The first-order valence-corrected chi connectivity index (χ1v) is 15.3. The summed E-state index contributed by atoms with van der Waals surface area (Å²) < 4.78 is 39.3. The van der Waals surface area contributed by atoms with Crippen LogP contribution in [-0.4, -0.2) is 40.8 Å². The van der Waals surface area contributed by atoms with Gasteiger partial charge in [0.2, 0.25) is 0 Å². The number of nitro groups is 1. The maximum Gasteiger partial charge on any atom is 0.269 e. The Labute approximate surface area is 244 Å². The fourth-order valence-corrected chi connectivity index (χ4v) is 7.14. The first-order valence-electron chi connectivity index (χ1n) is 13.6. The van der Waals surface area contributed by atoms with Gasteiger partial charge in [-0.3, -0.25) is 14.7 Å². The van der Waals surface area contributed by atoms with E-state index in [4.69, 9.17) is 18.7 Å². The lowest BCUT2D eigenvalue weighted by Crippen LogP contribution is -2.55. The van der Waals surface area contributed by atoms with E-state index in [1.165, 1.54) is 24.3 Å². The van der Waals surface area contributed by atoms with Gasteiger partial charge >= 0.3 is 0 Å². The topological polar surface area (TPSA) is 117 Å². The molecule has 1 heterocycles. The molecule has 42 heavy (non-hydrogen) atoms. The smallest absolute Gasteiger partial charge is 0.269 e. The van der Waals surface area contributed by atoms with E-state index in [1.807, 2.05) is 91.0 Å². The molecule has 4 aromatic carbocycles. The average Bonchev–Trinajstić information content (AvgIpc) is 3.03. The van der Waals surface area contributed by atoms with E-state index < -0.39 is 36.4 Å². The molecule has 4 aromatic rings. The lowest BCUT2D eigenvalue weighted by atomic mass is 10.1. The second-order valence-electron chi connectivity index (χ2n) is 9.95. The van der Waals surface area contributed by atoms with Crippen molar-refractivity contribution in [3.05, 3.63) is 142 Å². The van der Waals surface area contributed by atoms with E-state index in [9.17, 15) is 19.8 Å². The molecule has 1 aliphatic heterocycles. The zero-order chi connectivity index (χ0) is 29.4. The molecular formula is C32H32NO8P. The summed E-state index contributed by atoms with van der Waals surface area (Å²) in [7, 11) is -4.04. The molecule has 0 aromatic heterocycles. The van der Waals surface area contributed by atoms with Crippen LogP contribution >= 0.6 is 7.37 Å². The van der Waals surface area contributed by atoms with E-state index in [2.05, 4.69) is 0 Å². The number of nitrogens with zero attached hydrogens (tertiary/aromatic N) is 1. The lowest BCUT2D eigenvalue weighted by Gasteiger charge is -2.44. The molecule has 9 nitrogen and oxygen atoms in total. The van der Waals surface area contributed by atoms with Crippen LogP contribution in [0.3, 0.4) is 0 Å². The number of aliphatic hydroxyl groups is 1. The van der Waals surface area contributed by atoms with Crippen molar-refractivity contribution in [2.75, 3.05) is 6.61 Å². The van der Waals surface area contributed by atoms with Gasteiger partial charge < -0.3 is 23.8 Å². The van der Waals surface area contributed by atoms with Gasteiger partial charge in [-0.2, -0.15) is 0 Å². The lowest BCUT2D eigenvalue weighted by molar-refractivity contribution is -0.384. The number of nitro benzene ring substituents is 1. The Morgan fingerprint density at radius 1 is 0.714 bits per heavy atom. The fourth-order valence-electron chi connectivity index (χ4n) is 4.80. The SMILES string of the molecule is O=[N+]([O-])c1ccc([P@]2(=O)O[C@H](COCc3ccccc3)[C@@H](OCc3ccccc3)[C@H](OCc3ccccc3)C2O)cc1. The van der Waals surface area contributed by atoms with Gasteiger partial charge in [-0.1, -0.05) is 91.0 Å². The van der Waals surface area contributed by atoms with Crippen molar-refractivity contribution in [3.8, 4) is 0 Å². The summed E-state index contributed by atoms with van der Waals surface area (Å²) in [6, 6.07) is 33.8. The van der Waals surface area contributed by atoms with Crippen molar-refractivity contribution < 1.29 is 33.3 Å². The first-order chi connectivity index (χ1) is 20.4. The second-order valence-corrected chi connectivity index (χ2v) is 12.4. The molecule has 218 valence electrons. The van der Waals surface area contributed by atoms with Crippen molar-refractivity contribution in [3.63, 3.8) is 0 Å². The van der Waals surface area contributed by atoms with Crippen molar-refractivity contribution in [1.82, 2.24) is 0 Å². The predicted molar refractivity (Wildman–Crippen MR) is 157 cm³/mol. The molecular weight excluding hydrogens is 557 g/mol. The van der Waals surface area contributed by atoms with E-state index >= 15 is 0 Å². The molecule has 1 saturated heterocycles. The molecule has 0 radical (unpaired) electrons. The summed E-state index contributed by atoms with van der Waals surface area (Å²) in [6.07, 6.45) is -2.79. The van der Waals surface area contributed by atoms with Crippen LogP contribution in [-0.2, 0) is 43.1 Å². The summed E-state index contributed by atoms with van der Waals surface area (Å²) in [5.74, 6) is -1.60. The monoisotopic (exact) mass is 589 g/mol. The zero-order valence-corrected chi connectivity index (χ0v) is 23.7. The van der Waals surface area contributed by atoms with Gasteiger partial charge in [-0.15, -0.1) is 0 Å². The van der Waals surface area contributed by atoms with Crippen molar-refractivity contribution in [2.45, 2.75) is 44.0 Å². The van der Waals surface area contributed by atoms with Gasteiger partial charge in [0.25, 0.3) is 13.1 Å². The molecule has 0 amide bonds. The normalized spacial score (nSPS) is 23.8. The van der Waals surface area contributed by atoms with Crippen molar-refractivity contribution in [1.29, 1.82) is 0 Å². The van der Waals surface area contributed by atoms with E-state index in [1.54, 1.807) is 0 Å². The first kappa shape index (κ1) is 29.8. The third-order valence-corrected chi connectivity index (χ3v) is 9.60. The van der Waals surface area contributed by atoms with Crippen LogP contribution in [0, 0.1) is 10.1 Å². The number of ether oxygens (including phenoxy) is 3. The molecule has 0 spiro atoms. The summed E-state index contributed by atoms with van der Waals surface area (Å²) in [4.78, 5) is 10.7. The van der Waals surface area contributed by atoms with E-state index in [0.29, 0.717) is 0 Å². The number of hydrogen-bond acceptors (Lipinski definition) is 8. The van der Waals surface area contributed by atoms with Crippen LogP contribution in [0.1, 0.15) is 16.7 Å². The third-order valence-electron chi connectivity index (χ3n) is 7.01. The molecule has 1 unspecified atom stereocenters. The number of aliphatic hydroxyl groups excluding tert-OH is 1. The maximum absolute atomic E-state index is 14.5. The Hall–Kier alpha value is -3.69. The van der Waals surface area contributed by atoms with Crippen molar-refractivity contribution >= 4 is 18.4 Å². The Morgan fingerprint density at radius 3 is 1.69 bits per heavy atom. The second kappa shape index (κ2) is 14.0. The quantitative estimate of drug-likeness (QED) is 0.129. The van der Waals surface area contributed by atoms with Crippen LogP contribution in [0.2, 0.25) is 0 Å². The third kappa shape index (κ3) is 7.20.